The number of hydrogen-bond acceptors (Lipinski definition) is 1. The predicted molar refractivity (Wildman–Crippen MR) is 51.6 cm³/mol. The fourth-order valence-electron chi connectivity index (χ4n) is 1.72. The third kappa shape index (κ3) is 1.36. The van der Waals surface area contributed by atoms with Crippen molar-refractivity contribution >= 4 is 5.78 Å². The average Bonchev–Trinajstić information content (AvgIpc) is 2.18. The van der Waals surface area contributed by atoms with Crippen LogP contribution in [0.5, 0.6) is 0 Å². The van der Waals surface area contributed by atoms with Crippen LogP contribution in [0.15, 0.2) is 18.2 Å². The van der Waals surface area contributed by atoms with Crippen molar-refractivity contribution in [2.45, 2.75) is 19.3 Å². The zero-order chi connectivity index (χ0) is 9.26. The molecule has 0 saturated heterocycles. The number of terminal acetylenes is 1. The van der Waals surface area contributed by atoms with Crippen LogP contribution in [0, 0.1) is 12.3 Å². The minimum atomic E-state index is 0.235. The Balaban J connectivity index is 2.55. The molecular formula is C12H10O. The molecule has 0 N–H and O–H groups in total. The van der Waals surface area contributed by atoms with Crippen molar-refractivity contribution in [2.75, 3.05) is 0 Å². The third-order valence-electron chi connectivity index (χ3n) is 2.43. The molecule has 2 rings (SSSR count). The topological polar surface area (TPSA) is 17.1 Å². The normalized spacial score (nSPS) is 14.8. The molecule has 0 heterocycles. The minimum absolute atomic E-state index is 0.235. The van der Waals surface area contributed by atoms with Crippen LogP contribution in [0.3, 0.4) is 0 Å². The Kier molecular flexibility index (Phi) is 1.90. The number of carbonyl (C=O) groups is 1. The molecule has 1 aromatic rings. The molecule has 1 aromatic carbocycles. The molecule has 0 amide bonds. The van der Waals surface area contributed by atoms with E-state index < -0.39 is 0 Å². The second kappa shape index (κ2) is 3.06. The van der Waals surface area contributed by atoms with Gasteiger partial charge in [-0.25, -0.2) is 0 Å². The van der Waals surface area contributed by atoms with Gasteiger partial charge in [-0.2, -0.15) is 0 Å². The van der Waals surface area contributed by atoms with Crippen LogP contribution in [0.4, 0.5) is 0 Å². The molecule has 1 nitrogen and oxygen atoms in total. The van der Waals surface area contributed by atoms with Gasteiger partial charge in [0.05, 0.1) is 0 Å². The fraction of sp³-hybridized carbons (Fsp3) is 0.250. The summed E-state index contributed by atoms with van der Waals surface area (Å²) in [5.41, 5.74) is 2.78. The fourth-order valence-corrected chi connectivity index (χ4v) is 1.72. The number of fused-ring (bicyclic) bond motifs is 1. The summed E-state index contributed by atoms with van der Waals surface area (Å²) in [7, 11) is 0. The van der Waals surface area contributed by atoms with E-state index in [1.165, 1.54) is 0 Å². The molecule has 0 saturated carbocycles. The van der Waals surface area contributed by atoms with Gasteiger partial charge in [0.2, 0.25) is 0 Å². The van der Waals surface area contributed by atoms with E-state index >= 15 is 0 Å². The van der Waals surface area contributed by atoms with Gasteiger partial charge in [0, 0.05) is 17.5 Å². The Bertz CT molecular complexity index is 396. The van der Waals surface area contributed by atoms with Crippen molar-refractivity contribution in [3.63, 3.8) is 0 Å². The number of carbonyl (C=O) groups excluding carboxylic acids is 1. The van der Waals surface area contributed by atoms with Crippen molar-refractivity contribution < 1.29 is 4.79 Å². The summed E-state index contributed by atoms with van der Waals surface area (Å²) in [4.78, 5) is 11.5. The number of benzene rings is 1. The van der Waals surface area contributed by atoms with E-state index in [2.05, 4.69) is 5.92 Å². The Morgan fingerprint density at radius 3 is 2.92 bits per heavy atom. The summed E-state index contributed by atoms with van der Waals surface area (Å²) in [5.74, 6) is 2.78. The van der Waals surface area contributed by atoms with Crippen molar-refractivity contribution in [1.82, 2.24) is 0 Å². The highest BCUT2D eigenvalue weighted by molar-refractivity contribution is 5.98. The molecule has 0 spiro atoms. The summed E-state index contributed by atoms with van der Waals surface area (Å²) in [6.07, 6.45) is 7.91. The van der Waals surface area contributed by atoms with Crippen LogP contribution in [0.2, 0.25) is 0 Å². The minimum Gasteiger partial charge on any atom is -0.294 e. The van der Waals surface area contributed by atoms with Gasteiger partial charge in [-0.15, -0.1) is 6.42 Å². The molecule has 0 bridgehead atoms. The average molecular weight is 170 g/mol. The van der Waals surface area contributed by atoms with Crippen LogP contribution in [0.25, 0.3) is 0 Å². The molecule has 13 heavy (non-hydrogen) atoms. The van der Waals surface area contributed by atoms with E-state index in [1.807, 2.05) is 18.2 Å². The van der Waals surface area contributed by atoms with E-state index in [0.29, 0.717) is 6.42 Å². The molecule has 1 aliphatic rings. The van der Waals surface area contributed by atoms with E-state index in [-0.39, 0.29) is 5.78 Å². The van der Waals surface area contributed by atoms with Crippen LogP contribution in [-0.4, -0.2) is 5.78 Å². The molecule has 0 atom stereocenters. The summed E-state index contributed by atoms with van der Waals surface area (Å²) in [6.45, 7) is 0. The van der Waals surface area contributed by atoms with Crippen LogP contribution >= 0.6 is 0 Å². The van der Waals surface area contributed by atoms with Gasteiger partial charge in [-0.1, -0.05) is 12.0 Å². The summed E-state index contributed by atoms with van der Waals surface area (Å²) in [5, 5.41) is 0. The van der Waals surface area contributed by atoms with Crippen LogP contribution < -0.4 is 0 Å². The number of rotatable bonds is 0. The molecule has 0 unspecified atom stereocenters. The highest BCUT2D eigenvalue weighted by Crippen LogP contribution is 2.21. The third-order valence-corrected chi connectivity index (χ3v) is 2.43. The Morgan fingerprint density at radius 1 is 1.31 bits per heavy atom. The highest BCUT2D eigenvalue weighted by Gasteiger charge is 2.16. The highest BCUT2D eigenvalue weighted by atomic mass is 16.1. The maximum atomic E-state index is 11.5. The molecule has 0 aromatic heterocycles. The maximum absolute atomic E-state index is 11.5. The first-order valence-corrected chi connectivity index (χ1v) is 4.44. The Morgan fingerprint density at radius 2 is 2.15 bits per heavy atom. The first-order chi connectivity index (χ1) is 6.31. The first-order valence-electron chi connectivity index (χ1n) is 4.44. The lowest BCUT2D eigenvalue weighted by atomic mass is 9.89. The second-order valence-electron chi connectivity index (χ2n) is 3.29. The zero-order valence-corrected chi connectivity index (χ0v) is 7.34. The summed E-state index contributed by atoms with van der Waals surface area (Å²) >= 11 is 0. The lowest BCUT2D eigenvalue weighted by molar-refractivity contribution is 0.0972. The number of hydrogen-bond donors (Lipinski definition) is 0. The number of aryl methyl sites for hydroxylation is 1. The van der Waals surface area contributed by atoms with Crippen molar-refractivity contribution in [1.29, 1.82) is 0 Å². The molecule has 1 heteroatoms. The van der Waals surface area contributed by atoms with Gasteiger partial charge in [0.25, 0.3) is 0 Å². The zero-order valence-electron chi connectivity index (χ0n) is 7.34. The summed E-state index contributed by atoms with van der Waals surface area (Å²) < 4.78 is 0. The van der Waals surface area contributed by atoms with E-state index in [4.69, 9.17) is 6.42 Å². The largest absolute Gasteiger partial charge is 0.294 e. The molecule has 1 aliphatic carbocycles. The monoisotopic (exact) mass is 170 g/mol. The van der Waals surface area contributed by atoms with Crippen LogP contribution in [0.1, 0.15) is 34.3 Å². The molecular weight excluding hydrogens is 160 g/mol. The summed E-state index contributed by atoms with van der Waals surface area (Å²) in [6, 6.07) is 5.70. The van der Waals surface area contributed by atoms with Gasteiger partial charge in [-0.3, -0.25) is 4.79 Å². The van der Waals surface area contributed by atoms with Gasteiger partial charge in [0.15, 0.2) is 5.78 Å². The Labute approximate surface area is 77.8 Å². The lowest BCUT2D eigenvalue weighted by Crippen LogP contribution is -2.10. The van der Waals surface area contributed by atoms with E-state index in [1.54, 1.807) is 0 Å². The molecule has 0 aliphatic heterocycles. The number of ketones is 1. The maximum Gasteiger partial charge on any atom is 0.163 e. The lowest BCUT2D eigenvalue weighted by Gasteiger charge is -2.14. The van der Waals surface area contributed by atoms with Gasteiger partial charge < -0.3 is 0 Å². The van der Waals surface area contributed by atoms with E-state index in [9.17, 15) is 4.79 Å². The Hall–Kier alpha value is -1.55. The second-order valence-corrected chi connectivity index (χ2v) is 3.29. The van der Waals surface area contributed by atoms with Crippen molar-refractivity contribution in [3.8, 4) is 12.3 Å². The molecule has 0 radical (unpaired) electrons. The smallest absolute Gasteiger partial charge is 0.163 e. The van der Waals surface area contributed by atoms with Crippen LogP contribution in [-0.2, 0) is 6.42 Å². The van der Waals surface area contributed by atoms with Crippen molar-refractivity contribution in [3.05, 3.63) is 34.9 Å². The first kappa shape index (κ1) is 8.07. The van der Waals surface area contributed by atoms with Gasteiger partial charge in [-0.05, 0) is 30.5 Å². The quantitative estimate of drug-likeness (QED) is 0.545. The SMILES string of the molecule is C#Cc1ccc2c(c1)C(=O)CCC2. The van der Waals surface area contributed by atoms with Gasteiger partial charge in [0.1, 0.15) is 0 Å². The predicted octanol–water partition coefficient (Wildman–Crippen LogP) is 2.19. The van der Waals surface area contributed by atoms with Gasteiger partial charge >= 0.3 is 0 Å². The molecule has 64 valence electrons. The van der Waals surface area contributed by atoms with E-state index in [0.717, 1.165) is 29.5 Å². The standard InChI is InChI=1S/C12H10O/c1-2-9-6-7-10-4-3-5-12(13)11(10)8-9/h1,6-8H,3-5H2. The molecule has 0 fully saturated rings. The number of Topliss-reactive ketones (excluding diaryl/α,β-unsaturated/α-hetero) is 1. The van der Waals surface area contributed by atoms with Crippen molar-refractivity contribution in [2.24, 2.45) is 0 Å².